The van der Waals surface area contributed by atoms with Crippen LogP contribution < -0.4 is 5.73 Å². The molecule has 0 aliphatic carbocycles. The molecule has 0 fully saturated rings. The predicted octanol–water partition coefficient (Wildman–Crippen LogP) is 1.51. The third-order valence-corrected chi connectivity index (χ3v) is 2.08. The highest BCUT2D eigenvalue weighted by Gasteiger charge is 2.09. The quantitative estimate of drug-likeness (QED) is 0.783. The van der Waals surface area contributed by atoms with Crippen molar-refractivity contribution in [2.45, 2.75) is 5.92 Å². The summed E-state index contributed by atoms with van der Waals surface area (Å²) in [5.41, 5.74) is 6.02. The van der Waals surface area contributed by atoms with Crippen LogP contribution >= 0.6 is 11.6 Å². The van der Waals surface area contributed by atoms with Gasteiger partial charge in [-0.15, -0.1) is 0 Å². The Kier molecular flexibility index (Phi) is 3.66. The van der Waals surface area contributed by atoms with E-state index in [1.165, 1.54) is 12.1 Å². The average Bonchev–Trinajstić information content (AvgIpc) is 2.04. The second-order valence-corrected chi connectivity index (χ2v) is 3.25. The summed E-state index contributed by atoms with van der Waals surface area (Å²) in [5, 5.41) is 9.24. The second kappa shape index (κ2) is 4.56. The van der Waals surface area contributed by atoms with E-state index in [0.29, 0.717) is 10.6 Å². The lowest BCUT2D eigenvalue weighted by molar-refractivity contribution is 0.267. The Morgan fingerprint density at radius 1 is 1.46 bits per heavy atom. The van der Waals surface area contributed by atoms with Crippen molar-refractivity contribution in [3.63, 3.8) is 0 Å². The van der Waals surface area contributed by atoms with E-state index in [1.807, 2.05) is 0 Å². The molecule has 0 saturated heterocycles. The van der Waals surface area contributed by atoms with Gasteiger partial charge in [0.05, 0.1) is 6.61 Å². The number of benzene rings is 1. The molecule has 4 heteroatoms. The van der Waals surface area contributed by atoms with E-state index in [0.717, 1.165) is 0 Å². The normalized spacial score (nSPS) is 12.9. The molecule has 0 radical (unpaired) electrons. The zero-order valence-corrected chi connectivity index (χ0v) is 7.76. The summed E-state index contributed by atoms with van der Waals surface area (Å²) in [4.78, 5) is 0. The van der Waals surface area contributed by atoms with Gasteiger partial charge in [0.25, 0.3) is 0 Å². The van der Waals surface area contributed by atoms with Crippen LogP contribution in [-0.4, -0.2) is 18.3 Å². The van der Waals surface area contributed by atoms with Gasteiger partial charge < -0.3 is 10.8 Å². The van der Waals surface area contributed by atoms with Gasteiger partial charge >= 0.3 is 0 Å². The molecule has 0 amide bonds. The predicted molar refractivity (Wildman–Crippen MR) is 50.3 cm³/mol. The Hall–Kier alpha value is -0.640. The van der Waals surface area contributed by atoms with Crippen LogP contribution in [0.2, 0.25) is 5.02 Å². The van der Waals surface area contributed by atoms with E-state index in [2.05, 4.69) is 0 Å². The van der Waals surface area contributed by atoms with Gasteiger partial charge in [0.15, 0.2) is 0 Å². The minimum absolute atomic E-state index is 0.101. The molecule has 0 aliphatic rings. The molecule has 0 heterocycles. The van der Waals surface area contributed by atoms with Crippen molar-refractivity contribution in [2.24, 2.45) is 5.73 Å². The molecule has 1 rings (SSSR count). The van der Waals surface area contributed by atoms with Crippen LogP contribution in [0.1, 0.15) is 11.5 Å². The zero-order chi connectivity index (χ0) is 9.84. The molecular weight excluding hydrogens is 193 g/mol. The lowest BCUT2D eigenvalue weighted by Crippen LogP contribution is -2.16. The Balaban J connectivity index is 2.99. The molecule has 13 heavy (non-hydrogen) atoms. The number of halogens is 2. The van der Waals surface area contributed by atoms with Gasteiger partial charge in [0, 0.05) is 17.5 Å². The molecule has 72 valence electrons. The van der Waals surface area contributed by atoms with Crippen LogP contribution in [0.15, 0.2) is 18.2 Å². The maximum Gasteiger partial charge on any atom is 0.124 e. The molecule has 2 nitrogen and oxygen atoms in total. The number of aliphatic hydroxyl groups excluding tert-OH is 1. The third kappa shape index (κ3) is 2.66. The number of nitrogens with two attached hydrogens (primary N) is 1. The minimum Gasteiger partial charge on any atom is -0.396 e. The number of rotatable bonds is 3. The summed E-state index contributed by atoms with van der Waals surface area (Å²) in [6.07, 6.45) is 0. The van der Waals surface area contributed by atoms with Gasteiger partial charge in [-0.2, -0.15) is 0 Å². The first-order valence-electron chi connectivity index (χ1n) is 3.94. The van der Waals surface area contributed by atoms with Gasteiger partial charge in [-0.1, -0.05) is 11.6 Å². The first-order chi connectivity index (χ1) is 6.17. The first-order valence-corrected chi connectivity index (χ1v) is 4.32. The van der Waals surface area contributed by atoms with Crippen molar-refractivity contribution >= 4 is 11.6 Å². The molecule has 1 unspecified atom stereocenters. The Bertz CT molecular complexity index is 269. The molecule has 0 aliphatic heterocycles. The Labute approximate surface area is 81.1 Å². The molecule has 0 bridgehead atoms. The fourth-order valence-electron chi connectivity index (χ4n) is 1.13. The summed E-state index contributed by atoms with van der Waals surface area (Å²) in [7, 11) is 0. The molecule has 1 aromatic rings. The molecule has 0 saturated carbocycles. The van der Waals surface area contributed by atoms with E-state index in [1.54, 1.807) is 6.07 Å². The maximum atomic E-state index is 12.9. The fourth-order valence-corrected chi connectivity index (χ4v) is 1.36. The van der Waals surface area contributed by atoms with Gasteiger partial charge in [0.1, 0.15) is 5.82 Å². The fraction of sp³-hybridized carbons (Fsp3) is 0.333. The third-order valence-electron chi connectivity index (χ3n) is 1.86. The molecular formula is C9H11ClFNO. The van der Waals surface area contributed by atoms with E-state index in [9.17, 15) is 4.39 Å². The number of hydrogen-bond acceptors (Lipinski definition) is 2. The van der Waals surface area contributed by atoms with Gasteiger partial charge in [-0.25, -0.2) is 4.39 Å². The van der Waals surface area contributed by atoms with E-state index >= 15 is 0 Å². The van der Waals surface area contributed by atoms with Crippen molar-refractivity contribution in [1.82, 2.24) is 0 Å². The monoisotopic (exact) mass is 203 g/mol. The van der Waals surface area contributed by atoms with E-state index in [-0.39, 0.29) is 19.1 Å². The van der Waals surface area contributed by atoms with Gasteiger partial charge in [-0.05, 0) is 23.8 Å². The van der Waals surface area contributed by atoms with E-state index in [4.69, 9.17) is 22.4 Å². The lowest BCUT2D eigenvalue weighted by Gasteiger charge is -2.11. The Morgan fingerprint density at radius 3 is 2.62 bits per heavy atom. The molecule has 1 aromatic carbocycles. The van der Waals surface area contributed by atoms with Crippen LogP contribution in [0.3, 0.4) is 0 Å². The van der Waals surface area contributed by atoms with Crippen LogP contribution in [0.25, 0.3) is 0 Å². The summed E-state index contributed by atoms with van der Waals surface area (Å²) < 4.78 is 12.9. The minimum atomic E-state index is -0.408. The summed E-state index contributed by atoms with van der Waals surface area (Å²) in [6, 6.07) is 4.16. The highest BCUT2D eigenvalue weighted by Crippen LogP contribution is 2.20. The summed E-state index contributed by atoms with van der Waals surface area (Å²) >= 11 is 5.65. The van der Waals surface area contributed by atoms with Crippen molar-refractivity contribution in [1.29, 1.82) is 0 Å². The van der Waals surface area contributed by atoms with Crippen molar-refractivity contribution in [3.05, 3.63) is 34.6 Å². The Morgan fingerprint density at radius 2 is 2.15 bits per heavy atom. The number of hydrogen-bond donors (Lipinski definition) is 2. The van der Waals surface area contributed by atoms with Gasteiger partial charge in [-0.3, -0.25) is 0 Å². The molecule has 0 aromatic heterocycles. The van der Waals surface area contributed by atoms with E-state index < -0.39 is 5.82 Å². The SMILES string of the molecule is NCC(CO)c1cc(F)cc(Cl)c1. The second-order valence-electron chi connectivity index (χ2n) is 2.82. The highest BCUT2D eigenvalue weighted by atomic mass is 35.5. The summed E-state index contributed by atoms with van der Waals surface area (Å²) in [6.45, 7) is 0.173. The smallest absolute Gasteiger partial charge is 0.124 e. The van der Waals surface area contributed by atoms with Crippen LogP contribution in [0, 0.1) is 5.82 Å². The lowest BCUT2D eigenvalue weighted by atomic mass is 10.0. The highest BCUT2D eigenvalue weighted by molar-refractivity contribution is 6.30. The first kappa shape index (κ1) is 10.4. The molecule has 0 spiro atoms. The van der Waals surface area contributed by atoms with Crippen molar-refractivity contribution in [3.8, 4) is 0 Å². The van der Waals surface area contributed by atoms with Crippen molar-refractivity contribution < 1.29 is 9.50 Å². The molecule has 3 N–H and O–H groups in total. The largest absolute Gasteiger partial charge is 0.396 e. The average molecular weight is 204 g/mol. The number of aliphatic hydroxyl groups is 1. The standard InChI is InChI=1S/C9H11ClFNO/c10-8-1-6(2-9(11)3-8)7(4-12)5-13/h1-3,7,13H,4-5,12H2. The maximum absolute atomic E-state index is 12.9. The topological polar surface area (TPSA) is 46.2 Å². The molecule has 1 atom stereocenters. The zero-order valence-electron chi connectivity index (χ0n) is 7.00. The van der Waals surface area contributed by atoms with Crippen molar-refractivity contribution in [2.75, 3.05) is 13.2 Å². The van der Waals surface area contributed by atoms with Crippen LogP contribution in [-0.2, 0) is 0 Å². The van der Waals surface area contributed by atoms with Crippen LogP contribution in [0.4, 0.5) is 4.39 Å². The van der Waals surface area contributed by atoms with Gasteiger partial charge in [0.2, 0.25) is 0 Å². The summed E-state index contributed by atoms with van der Waals surface area (Å²) in [5.74, 6) is -0.650. The van der Waals surface area contributed by atoms with Crippen LogP contribution in [0.5, 0.6) is 0 Å².